The summed E-state index contributed by atoms with van der Waals surface area (Å²) in [5, 5.41) is 9.85. The van der Waals surface area contributed by atoms with Crippen molar-refractivity contribution >= 4 is 17.5 Å². The highest BCUT2D eigenvalue weighted by Crippen LogP contribution is 2.29. The van der Waals surface area contributed by atoms with Gasteiger partial charge in [-0.15, -0.1) is 0 Å². The number of hydrogen-bond donors (Lipinski definition) is 3. The molecule has 1 aromatic carbocycles. The van der Waals surface area contributed by atoms with E-state index in [4.69, 9.17) is 9.47 Å². The van der Waals surface area contributed by atoms with Crippen LogP contribution in [0, 0.1) is 6.92 Å². The minimum Gasteiger partial charge on any atom is -0.493 e. The number of aromatic amines is 1. The van der Waals surface area contributed by atoms with E-state index in [2.05, 4.69) is 25.7 Å². The molecule has 2 heterocycles. The molecule has 1 aliphatic rings. The second kappa shape index (κ2) is 7.90. The molecule has 0 bridgehead atoms. The number of ether oxygens (including phenoxy) is 2. The van der Waals surface area contributed by atoms with E-state index in [0.717, 1.165) is 30.5 Å². The fraction of sp³-hybridized carbons (Fsp3) is 0.300. The lowest BCUT2D eigenvalue weighted by Crippen LogP contribution is -2.23. The van der Waals surface area contributed by atoms with Crippen LogP contribution in [0.2, 0.25) is 0 Å². The number of carbonyl (C=O) groups excluding carboxylic acids is 1. The molecule has 0 spiro atoms. The van der Waals surface area contributed by atoms with Crippen molar-refractivity contribution in [1.29, 1.82) is 0 Å². The molecule has 4 rings (SSSR count). The van der Waals surface area contributed by atoms with Gasteiger partial charge >= 0.3 is 6.03 Å². The number of nitrogens with one attached hydrogen (secondary N) is 3. The number of fused-ring (bicyclic) bond motifs is 1. The lowest BCUT2D eigenvalue weighted by atomic mass is 10.3. The summed E-state index contributed by atoms with van der Waals surface area (Å²) in [5.41, 5.74) is 2.53. The zero-order chi connectivity index (χ0) is 21.3. The zero-order valence-corrected chi connectivity index (χ0v) is 16.9. The van der Waals surface area contributed by atoms with E-state index in [1.165, 1.54) is 11.8 Å². The van der Waals surface area contributed by atoms with Gasteiger partial charge in [0.25, 0.3) is 5.56 Å². The fourth-order valence-corrected chi connectivity index (χ4v) is 3.47. The van der Waals surface area contributed by atoms with Crippen molar-refractivity contribution in [2.45, 2.75) is 26.2 Å². The molecule has 0 aliphatic heterocycles. The number of carbonyl (C=O) groups is 1. The summed E-state index contributed by atoms with van der Waals surface area (Å²) in [5.74, 6) is 1.71. The van der Waals surface area contributed by atoms with Crippen LogP contribution in [0.3, 0.4) is 0 Å². The van der Waals surface area contributed by atoms with E-state index >= 15 is 0 Å². The van der Waals surface area contributed by atoms with E-state index in [1.807, 2.05) is 0 Å². The molecule has 1 aliphatic carbocycles. The Kier molecular flexibility index (Phi) is 5.13. The maximum atomic E-state index is 12.6. The fourth-order valence-electron chi connectivity index (χ4n) is 3.47. The third kappa shape index (κ3) is 3.71. The Morgan fingerprint density at radius 1 is 1.13 bits per heavy atom. The second-order valence-corrected chi connectivity index (χ2v) is 6.90. The van der Waals surface area contributed by atoms with E-state index in [-0.39, 0.29) is 11.5 Å². The SMILES string of the molecule is COc1ccc(NC(=O)Nc2cc(C)nn2-c2nc3c(c(=O)[nH]2)CCC3)cc1OC. The Morgan fingerprint density at radius 2 is 1.93 bits per heavy atom. The number of urea groups is 1. The van der Waals surface area contributed by atoms with E-state index in [9.17, 15) is 9.59 Å². The molecule has 0 saturated heterocycles. The van der Waals surface area contributed by atoms with Gasteiger partial charge in [-0.1, -0.05) is 0 Å². The smallest absolute Gasteiger partial charge is 0.324 e. The number of amides is 2. The summed E-state index contributed by atoms with van der Waals surface area (Å²) in [7, 11) is 3.06. The minimum atomic E-state index is -0.480. The zero-order valence-electron chi connectivity index (χ0n) is 16.9. The molecule has 10 nitrogen and oxygen atoms in total. The highest BCUT2D eigenvalue weighted by Gasteiger charge is 2.20. The van der Waals surface area contributed by atoms with Crippen LogP contribution in [0.4, 0.5) is 16.3 Å². The number of H-pyrrole nitrogens is 1. The molecule has 2 aromatic heterocycles. The van der Waals surface area contributed by atoms with Gasteiger partial charge in [0, 0.05) is 23.4 Å². The summed E-state index contributed by atoms with van der Waals surface area (Å²) in [4.78, 5) is 32.2. The van der Waals surface area contributed by atoms with Crippen LogP contribution < -0.4 is 25.7 Å². The van der Waals surface area contributed by atoms with Crippen LogP contribution in [0.15, 0.2) is 29.1 Å². The lowest BCUT2D eigenvalue weighted by Gasteiger charge is -2.12. The molecule has 30 heavy (non-hydrogen) atoms. The molecule has 2 amide bonds. The summed E-state index contributed by atoms with van der Waals surface area (Å²) in [6.07, 6.45) is 2.40. The van der Waals surface area contributed by atoms with E-state index in [1.54, 1.807) is 38.3 Å². The van der Waals surface area contributed by atoms with Gasteiger partial charge in [-0.25, -0.2) is 9.78 Å². The van der Waals surface area contributed by atoms with Gasteiger partial charge in [0.2, 0.25) is 5.95 Å². The monoisotopic (exact) mass is 410 g/mol. The molecule has 0 fully saturated rings. The minimum absolute atomic E-state index is 0.165. The first-order chi connectivity index (χ1) is 14.5. The van der Waals surface area contributed by atoms with E-state index in [0.29, 0.717) is 28.7 Å². The Morgan fingerprint density at radius 3 is 2.70 bits per heavy atom. The third-order valence-electron chi connectivity index (χ3n) is 4.84. The van der Waals surface area contributed by atoms with Crippen LogP contribution >= 0.6 is 0 Å². The predicted octanol–water partition coefficient (Wildman–Crippen LogP) is 2.41. The Balaban J connectivity index is 1.57. The first-order valence-electron chi connectivity index (χ1n) is 9.47. The molecule has 3 N–H and O–H groups in total. The van der Waals surface area contributed by atoms with Gasteiger partial charge in [-0.2, -0.15) is 9.78 Å². The largest absolute Gasteiger partial charge is 0.493 e. The Bertz CT molecular complexity index is 1170. The van der Waals surface area contributed by atoms with Crippen molar-refractivity contribution in [1.82, 2.24) is 19.7 Å². The summed E-state index contributed by atoms with van der Waals surface area (Å²) >= 11 is 0. The van der Waals surface area contributed by atoms with Gasteiger partial charge in [-0.3, -0.25) is 15.1 Å². The van der Waals surface area contributed by atoms with Gasteiger partial charge < -0.3 is 14.8 Å². The number of aryl methyl sites for hydroxylation is 2. The van der Waals surface area contributed by atoms with Gasteiger partial charge in [0.15, 0.2) is 11.5 Å². The average Bonchev–Trinajstić information content (AvgIpc) is 3.34. The number of methoxy groups -OCH3 is 2. The number of hydrogen-bond acceptors (Lipinski definition) is 6. The number of rotatable bonds is 5. The highest BCUT2D eigenvalue weighted by atomic mass is 16.5. The number of anilines is 2. The molecule has 0 radical (unpaired) electrons. The van der Waals surface area contributed by atoms with E-state index < -0.39 is 6.03 Å². The first-order valence-corrected chi connectivity index (χ1v) is 9.47. The summed E-state index contributed by atoms with van der Waals surface area (Å²) in [6, 6.07) is 6.26. The number of aromatic nitrogens is 4. The van der Waals surface area contributed by atoms with Crippen molar-refractivity contribution in [3.05, 3.63) is 51.6 Å². The standard InChI is InChI=1S/C20H22N6O4/c1-11-9-17(23-20(28)21-12-7-8-15(29-2)16(10-12)30-3)26(25-11)19-22-14-6-4-5-13(14)18(27)24-19/h7-10H,4-6H2,1-3H3,(H2,21,23,28)(H,22,24,27). The van der Waals surface area contributed by atoms with Crippen LogP contribution in [-0.2, 0) is 12.8 Å². The molecule has 3 aromatic rings. The summed E-state index contributed by atoms with van der Waals surface area (Å²) in [6.45, 7) is 1.79. The number of benzene rings is 1. The molecule has 10 heteroatoms. The second-order valence-electron chi connectivity index (χ2n) is 6.90. The van der Waals surface area contributed by atoms with Gasteiger partial charge in [-0.05, 0) is 38.3 Å². The van der Waals surface area contributed by atoms with Crippen LogP contribution in [-0.4, -0.2) is 40.0 Å². The van der Waals surface area contributed by atoms with Crippen molar-refractivity contribution in [3.63, 3.8) is 0 Å². The molecule has 0 unspecified atom stereocenters. The topological polar surface area (TPSA) is 123 Å². The molecule has 0 atom stereocenters. The van der Waals surface area contributed by atoms with Crippen molar-refractivity contribution in [2.24, 2.45) is 0 Å². The maximum Gasteiger partial charge on any atom is 0.324 e. The molecule has 0 saturated carbocycles. The number of nitrogens with zero attached hydrogens (tertiary/aromatic N) is 3. The Hall–Kier alpha value is -3.82. The summed E-state index contributed by atoms with van der Waals surface area (Å²) < 4.78 is 11.9. The van der Waals surface area contributed by atoms with Crippen LogP contribution in [0.1, 0.15) is 23.4 Å². The quantitative estimate of drug-likeness (QED) is 0.594. The Labute approximate surface area is 172 Å². The van der Waals surface area contributed by atoms with Crippen molar-refractivity contribution < 1.29 is 14.3 Å². The van der Waals surface area contributed by atoms with Crippen molar-refractivity contribution in [2.75, 3.05) is 24.9 Å². The normalized spacial score (nSPS) is 12.4. The third-order valence-corrected chi connectivity index (χ3v) is 4.84. The predicted molar refractivity (Wildman–Crippen MR) is 111 cm³/mol. The van der Waals surface area contributed by atoms with Gasteiger partial charge in [0.1, 0.15) is 5.82 Å². The molecular formula is C20H22N6O4. The average molecular weight is 410 g/mol. The first kappa shape index (κ1) is 19.5. The highest BCUT2D eigenvalue weighted by molar-refractivity contribution is 5.99. The molecular weight excluding hydrogens is 388 g/mol. The maximum absolute atomic E-state index is 12.6. The molecule has 156 valence electrons. The van der Waals surface area contributed by atoms with Gasteiger partial charge in [0.05, 0.1) is 25.6 Å². The van der Waals surface area contributed by atoms with Crippen LogP contribution in [0.25, 0.3) is 5.95 Å². The van der Waals surface area contributed by atoms with Crippen LogP contribution in [0.5, 0.6) is 11.5 Å². The lowest BCUT2D eigenvalue weighted by molar-refractivity contribution is 0.262. The van der Waals surface area contributed by atoms with Crippen molar-refractivity contribution in [3.8, 4) is 17.4 Å².